The Morgan fingerprint density at radius 1 is 1.19 bits per heavy atom. The van der Waals surface area contributed by atoms with Crippen LogP contribution in [0.15, 0.2) is 54.9 Å². The summed E-state index contributed by atoms with van der Waals surface area (Å²) in [6.45, 7) is 0.386. The number of hydrogen-bond acceptors (Lipinski definition) is 3. The molecule has 27 heavy (non-hydrogen) atoms. The SMILES string of the molecule is Cn1ccnc1COc1ccc(NC(=O)CCc2ccc(Cl)cc2Cl)cc1. The van der Waals surface area contributed by atoms with Crippen molar-refractivity contribution in [3.05, 3.63) is 76.3 Å². The number of anilines is 1. The first-order chi connectivity index (χ1) is 13.0. The number of hydrogen-bond donors (Lipinski definition) is 1. The van der Waals surface area contributed by atoms with Crippen LogP contribution in [0.5, 0.6) is 5.75 Å². The smallest absolute Gasteiger partial charge is 0.224 e. The Hall–Kier alpha value is -2.50. The molecule has 3 aromatic rings. The summed E-state index contributed by atoms with van der Waals surface area (Å²) < 4.78 is 7.60. The number of imidazole rings is 1. The molecule has 0 fully saturated rings. The molecule has 0 saturated heterocycles. The lowest BCUT2D eigenvalue weighted by atomic mass is 10.1. The fraction of sp³-hybridized carbons (Fsp3) is 0.200. The van der Waals surface area contributed by atoms with Crippen molar-refractivity contribution in [1.29, 1.82) is 0 Å². The number of nitrogens with zero attached hydrogens (tertiary/aromatic N) is 2. The van der Waals surface area contributed by atoms with E-state index in [9.17, 15) is 4.79 Å². The van der Waals surface area contributed by atoms with E-state index in [4.69, 9.17) is 27.9 Å². The monoisotopic (exact) mass is 403 g/mol. The number of carbonyl (C=O) groups is 1. The van der Waals surface area contributed by atoms with Crippen LogP contribution in [-0.4, -0.2) is 15.5 Å². The van der Waals surface area contributed by atoms with Crippen molar-refractivity contribution in [3.8, 4) is 5.75 Å². The highest BCUT2D eigenvalue weighted by Crippen LogP contribution is 2.22. The Kier molecular flexibility index (Phi) is 6.37. The summed E-state index contributed by atoms with van der Waals surface area (Å²) in [5, 5.41) is 4.02. The zero-order chi connectivity index (χ0) is 19.2. The molecule has 1 heterocycles. The van der Waals surface area contributed by atoms with Crippen LogP contribution < -0.4 is 10.1 Å². The zero-order valence-corrected chi connectivity index (χ0v) is 16.3. The number of carbonyl (C=O) groups excluding carboxylic acids is 1. The molecule has 0 radical (unpaired) electrons. The van der Waals surface area contributed by atoms with E-state index < -0.39 is 0 Å². The summed E-state index contributed by atoms with van der Waals surface area (Å²) in [7, 11) is 1.92. The molecule has 0 aliphatic carbocycles. The van der Waals surface area contributed by atoms with Crippen LogP contribution >= 0.6 is 23.2 Å². The summed E-state index contributed by atoms with van der Waals surface area (Å²) in [5.41, 5.74) is 1.61. The quantitative estimate of drug-likeness (QED) is 0.611. The lowest BCUT2D eigenvalue weighted by molar-refractivity contribution is -0.116. The fourth-order valence-electron chi connectivity index (χ4n) is 2.51. The number of benzene rings is 2. The molecule has 3 rings (SSSR count). The van der Waals surface area contributed by atoms with Gasteiger partial charge in [0.15, 0.2) is 0 Å². The molecular weight excluding hydrogens is 385 g/mol. The minimum Gasteiger partial charge on any atom is -0.486 e. The lowest BCUT2D eigenvalue weighted by Gasteiger charge is -2.09. The van der Waals surface area contributed by atoms with Crippen molar-refractivity contribution in [2.75, 3.05) is 5.32 Å². The van der Waals surface area contributed by atoms with Crippen LogP contribution in [0.4, 0.5) is 5.69 Å². The molecular formula is C20H19Cl2N3O2. The Bertz CT molecular complexity index is 923. The molecule has 0 spiro atoms. The third kappa shape index (κ3) is 5.49. The van der Waals surface area contributed by atoms with Crippen molar-refractivity contribution in [3.63, 3.8) is 0 Å². The van der Waals surface area contributed by atoms with E-state index >= 15 is 0 Å². The van der Waals surface area contributed by atoms with E-state index in [2.05, 4.69) is 10.3 Å². The number of rotatable bonds is 7. The van der Waals surface area contributed by atoms with Gasteiger partial charge in [-0.25, -0.2) is 4.98 Å². The second kappa shape index (κ2) is 8.93. The Balaban J connectivity index is 1.48. The van der Waals surface area contributed by atoms with E-state index in [1.54, 1.807) is 30.5 Å². The minimum atomic E-state index is -0.0808. The van der Waals surface area contributed by atoms with E-state index in [1.165, 1.54) is 0 Å². The van der Waals surface area contributed by atoms with E-state index in [-0.39, 0.29) is 5.91 Å². The molecule has 0 bridgehead atoms. The highest BCUT2D eigenvalue weighted by Gasteiger charge is 2.07. The maximum Gasteiger partial charge on any atom is 0.224 e. The predicted molar refractivity (Wildman–Crippen MR) is 107 cm³/mol. The van der Waals surface area contributed by atoms with E-state index in [1.807, 2.05) is 36.0 Å². The number of halogens is 2. The number of aryl methyl sites for hydroxylation is 2. The van der Waals surface area contributed by atoms with Gasteiger partial charge in [0.2, 0.25) is 5.91 Å². The molecule has 1 aromatic heterocycles. The van der Waals surface area contributed by atoms with Gasteiger partial charge in [-0.2, -0.15) is 0 Å². The molecule has 1 N–H and O–H groups in total. The molecule has 7 heteroatoms. The van der Waals surface area contributed by atoms with Crippen molar-refractivity contribution >= 4 is 34.8 Å². The lowest BCUT2D eigenvalue weighted by Crippen LogP contribution is -2.12. The van der Waals surface area contributed by atoms with Gasteiger partial charge in [-0.3, -0.25) is 4.79 Å². The second-order valence-corrected chi connectivity index (χ2v) is 6.89. The largest absolute Gasteiger partial charge is 0.486 e. The van der Waals surface area contributed by atoms with Crippen molar-refractivity contribution < 1.29 is 9.53 Å². The van der Waals surface area contributed by atoms with Gasteiger partial charge >= 0.3 is 0 Å². The fourth-order valence-corrected chi connectivity index (χ4v) is 3.02. The molecule has 0 aliphatic rings. The molecule has 2 aromatic carbocycles. The van der Waals surface area contributed by atoms with Crippen molar-refractivity contribution in [1.82, 2.24) is 9.55 Å². The van der Waals surface area contributed by atoms with Gasteiger partial charge in [0.25, 0.3) is 0 Å². The summed E-state index contributed by atoms with van der Waals surface area (Å²) in [6.07, 6.45) is 4.48. The molecule has 0 saturated carbocycles. The van der Waals surface area contributed by atoms with Gasteiger partial charge in [0.1, 0.15) is 18.2 Å². The first-order valence-electron chi connectivity index (χ1n) is 8.44. The number of aromatic nitrogens is 2. The van der Waals surface area contributed by atoms with Crippen LogP contribution in [-0.2, 0) is 24.9 Å². The minimum absolute atomic E-state index is 0.0808. The predicted octanol–water partition coefficient (Wildman–Crippen LogP) is 4.88. The molecule has 0 aliphatic heterocycles. The van der Waals surface area contributed by atoms with Crippen molar-refractivity contribution in [2.45, 2.75) is 19.4 Å². The summed E-state index contributed by atoms with van der Waals surface area (Å²) in [4.78, 5) is 16.4. The van der Waals surface area contributed by atoms with Crippen LogP contribution in [0.25, 0.3) is 0 Å². The Morgan fingerprint density at radius 3 is 2.63 bits per heavy atom. The average molecular weight is 404 g/mol. The topological polar surface area (TPSA) is 56.1 Å². The molecule has 1 amide bonds. The highest BCUT2D eigenvalue weighted by atomic mass is 35.5. The van der Waals surface area contributed by atoms with E-state index in [0.29, 0.717) is 40.9 Å². The van der Waals surface area contributed by atoms with Gasteiger partial charge in [0.05, 0.1) is 0 Å². The van der Waals surface area contributed by atoms with Crippen LogP contribution in [0.1, 0.15) is 17.8 Å². The van der Waals surface area contributed by atoms with Crippen molar-refractivity contribution in [2.24, 2.45) is 7.05 Å². The standard InChI is InChI=1S/C20H19Cl2N3O2/c1-25-11-10-23-19(25)13-27-17-7-5-16(6-8-17)24-20(26)9-3-14-2-4-15(21)12-18(14)22/h2,4-8,10-12H,3,9,13H2,1H3,(H,24,26). The van der Waals surface area contributed by atoms with Gasteiger partial charge < -0.3 is 14.6 Å². The normalized spacial score (nSPS) is 10.6. The number of ether oxygens (including phenoxy) is 1. The first-order valence-corrected chi connectivity index (χ1v) is 9.20. The summed E-state index contributed by atoms with van der Waals surface area (Å²) in [5.74, 6) is 1.47. The molecule has 140 valence electrons. The third-order valence-corrected chi connectivity index (χ3v) is 4.65. The molecule has 0 atom stereocenters. The second-order valence-electron chi connectivity index (χ2n) is 6.05. The van der Waals surface area contributed by atoms with Gasteiger partial charge in [0, 0.05) is 41.6 Å². The maximum atomic E-state index is 12.1. The zero-order valence-electron chi connectivity index (χ0n) is 14.8. The van der Waals surface area contributed by atoms with Gasteiger partial charge in [-0.1, -0.05) is 29.3 Å². The molecule has 0 unspecified atom stereocenters. The highest BCUT2D eigenvalue weighted by molar-refractivity contribution is 6.35. The van der Waals surface area contributed by atoms with E-state index in [0.717, 1.165) is 11.4 Å². The Labute approximate surface area is 167 Å². The van der Waals surface area contributed by atoms with Gasteiger partial charge in [-0.05, 0) is 48.4 Å². The first kappa shape index (κ1) is 19.3. The summed E-state index contributed by atoms with van der Waals surface area (Å²) in [6, 6.07) is 12.5. The van der Waals surface area contributed by atoms with Crippen LogP contribution in [0.3, 0.4) is 0 Å². The number of amides is 1. The Morgan fingerprint density at radius 2 is 1.96 bits per heavy atom. The molecule has 5 nitrogen and oxygen atoms in total. The van der Waals surface area contributed by atoms with Crippen LogP contribution in [0, 0.1) is 0 Å². The maximum absolute atomic E-state index is 12.1. The summed E-state index contributed by atoms with van der Waals surface area (Å²) >= 11 is 12.0. The average Bonchev–Trinajstić information content (AvgIpc) is 3.05. The van der Waals surface area contributed by atoms with Gasteiger partial charge in [-0.15, -0.1) is 0 Å². The number of nitrogens with one attached hydrogen (secondary N) is 1. The van der Waals surface area contributed by atoms with Crippen LogP contribution in [0.2, 0.25) is 10.0 Å². The third-order valence-electron chi connectivity index (χ3n) is 4.06.